The Labute approximate surface area is 121 Å². The Hall–Kier alpha value is -1.19. The summed E-state index contributed by atoms with van der Waals surface area (Å²) >= 11 is 0.890. The molecule has 2 N–H and O–H groups in total. The van der Waals surface area contributed by atoms with Crippen molar-refractivity contribution in [2.24, 2.45) is 5.92 Å². The first-order valence-corrected chi connectivity index (χ1v) is 8.69. The molecule has 2 rings (SSSR count). The van der Waals surface area contributed by atoms with E-state index in [1.807, 2.05) is 6.92 Å². The number of hydrogen-bond donors (Lipinski definition) is 2. The first kappa shape index (κ1) is 15.2. The summed E-state index contributed by atoms with van der Waals surface area (Å²) in [4.78, 5) is 10.4. The number of rotatable bonds is 7. The summed E-state index contributed by atoms with van der Waals surface area (Å²) in [6.45, 7) is 4.11. The highest BCUT2D eigenvalue weighted by atomic mass is 32.2. The average molecular weight is 319 g/mol. The Morgan fingerprint density at radius 2 is 2.20 bits per heavy atom. The quantitative estimate of drug-likeness (QED) is 0.592. The van der Waals surface area contributed by atoms with E-state index < -0.39 is 14.9 Å². The molecule has 0 bridgehead atoms. The molecule has 112 valence electrons. The molecule has 0 saturated heterocycles. The molecule has 1 heterocycles. The fraction of sp³-hybridized carbons (Fsp3) is 0.636. The fourth-order valence-electron chi connectivity index (χ4n) is 1.91. The number of sulfonamides is 1. The highest BCUT2D eigenvalue weighted by molar-refractivity contribution is 7.91. The summed E-state index contributed by atoms with van der Waals surface area (Å²) in [5.74, 6) is 0.382. The van der Waals surface area contributed by atoms with Crippen molar-refractivity contribution in [2.45, 2.75) is 36.9 Å². The van der Waals surface area contributed by atoms with Crippen molar-refractivity contribution in [1.82, 2.24) is 4.72 Å². The number of nitrogens with one attached hydrogen (secondary N) is 2. The van der Waals surface area contributed by atoms with Gasteiger partial charge in [0.05, 0.1) is 4.92 Å². The van der Waals surface area contributed by atoms with Crippen LogP contribution in [0.4, 0.5) is 10.7 Å². The van der Waals surface area contributed by atoms with E-state index in [9.17, 15) is 18.5 Å². The Bertz CT molecular complexity index is 607. The van der Waals surface area contributed by atoms with Gasteiger partial charge in [0.25, 0.3) is 10.0 Å². The normalized spacial score (nSPS) is 16.9. The zero-order valence-electron chi connectivity index (χ0n) is 11.3. The van der Waals surface area contributed by atoms with E-state index in [0.717, 1.165) is 30.2 Å². The smallest absolute Gasteiger partial charge is 0.304 e. The minimum absolute atomic E-state index is 0.0207. The number of anilines is 1. The van der Waals surface area contributed by atoms with Crippen LogP contribution < -0.4 is 10.0 Å². The van der Waals surface area contributed by atoms with Gasteiger partial charge in [0.1, 0.15) is 4.21 Å². The van der Waals surface area contributed by atoms with Crippen LogP contribution in [0.3, 0.4) is 0 Å². The minimum Gasteiger partial charge on any atom is -0.372 e. The van der Waals surface area contributed by atoms with E-state index in [-0.39, 0.29) is 20.9 Å². The molecule has 0 radical (unpaired) electrons. The molecule has 1 atom stereocenters. The van der Waals surface area contributed by atoms with Gasteiger partial charge in [-0.2, -0.15) is 0 Å². The molecule has 20 heavy (non-hydrogen) atoms. The third-order valence-electron chi connectivity index (χ3n) is 3.16. The lowest BCUT2D eigenvalue weighted by Gasteiger charge is -2.11. The van der Waals surface area contributed by atoms with Gasteiger partial charge in [-0.25, -0.2) is 13.1 Å². The van der Waals surface area contributed by atoms with Crippen LogP contribution in [0.25, 0.3) is 0 Å². The zero-order chi connectivity index (χ0) is 14.9. The second-order valence-electron chi connectivity index (χ2n) is 4.81. The molecule has 1 aliphatic rings. The zero-order valence-corrected chi connectivity index (χ0v) is 12.9. The Kier molecular flexibility index (Phi) is 4.31. The van der Waals surface area contributed by atoms with Gasteiger partial charge < -0.3 is 5.32 Å². The molecule has 0 aromatic carbocycles. The van der Waals surface area contributed by atoms with Gasteiger partial charge in [-0.05, 0) is 32.6 Å². The van der Waals surface area contributed by atoms with Gasteiger partial charge >= 0.3 is 5.69 Å². The molecular formula is C11H17N3O4S2. The summed E-state index contributed by atoms with van der Waals surface area (Å²) in [6.07, 6.45) is 2.05. The Morgan fingerprint density at radius 1 is 1.55 bits per heavy atom. The maximum Gasteiger partial charge on any atom is 0.304 e. The van der Waals surface area contributed by atoms with Gasteiger partial charge in [-0.1, -0.05) is 11.3 Å². The van der Waals surface area contributed by atoms with Crippen LogP contribution in [-0.4, -0.2) is 25.9 Å². The topological polar surface area (TPSA) is 101 Å². The molecule has 1 aliphatic carbocycles. The molecule has 0 amide bonds. The van der Waals surface area contributed by atoms with Crippen LogP contribution in [0.1, 0.15) is 26.7 Å². The van der Waals surface area contributed by atoms with Crippen LogP contribution in [0.15, 0.2) is 10.3 Å². The largest absolute Gasteiger partial charge is 0.372 e. The standard InChI is InChI=1S/C11H17N3O4S2/c1-3-12-11-9(14(15)16)6-10(19-11)20(17,18)13-7(2)8-4-5-8/h6-8,12-13H,3-5H2,1-2H3. The first-order chi connectivity index (χ1) is 9.35. The summed E-state index contributed by atoms with van der Waals surface area (Å²) in [5, 5.41) is 14.0. The van der Waals surface area contributed by atoms with Gasteiger partial charge in [0.15, 0.2) is 5.00 Å². The van der Waals surface area contributed by atoms with Crippen LogP contribution >= 0.6 is 11.3 Å². The van der Waals surface area contributed by atoms with Crippen molar-refractivity contribution < 1.29 is 13.3 Å². The molecule has 1 saturated carbocycles. The van der Waals surface area contributed by atoms with Crippen molar-refractivity contribution in [3.8, 4) is 0 Å². The van der Waals surface area contributed by atoms with Crippen molar-refractivity contribution in [2.75, 3.05) is 11.9 Å². The fourth-order valence-corrected chi connectivity index (χ4v) is 4.63. The summed E-state index contributed by atoms with van der Waals surface area (Å²) < 4.78 is 27.0. The molecular weight excluding hydrogens is 302 g/mol. The Balaban J connectivity index is 2.26. The number of nitrogens with zero attached hydrogens (tertiary/aromatic N) is 1. The summed E-state index contributed by atoms with van der Waals surface area (Å²) in [7, 11) is -3.69. The molecule has 1 unspecified atom stereocenters. The third kappa shape index (κ3) is 3.28. The van der Waals surface area contributed by atoms with Crippen LogP contribution in [0, 0.1) is 16.0 Å². The van der Waals surface area contributed by atoms with E-state index in [2.05, 4.69) is 10.0 Å². The van der Waals surface area contributed by atoms with Gasteiger partial charge in [-0.15, -0.1) is 0 Å². The van der Waals surface area contributed by atoms with Gasteiger partial charge in [-0.3, -0.25) is 10.1 Å². The van der Waals surface area contributed by atoms with Crippen molar-refractivity contribution in [3.63, 3.8) is 0 Å². The maximum absolute atomic E-state index is 12.2. The van der Waals surface area contributed by atoms with Crippen molar-refractivity contribution >= 4 is 32.0 Å². The van der Waals surface area contributed by atoms with Crippen molar-refractivity contribution in [1.29, 1.82) is 0 Å². The molecule has 0 aliphatic heterocycles. The summed E-state index contributed by atoms with van der Waals surface area (Å²) in [5.41, 5.74) is -0.198. The molecule has 9 heteroatoms. The predicted molar refractivity (Wildman–Crippen MR) is 77.6 cm³/mol. The molecule has 0 spiro atoms. The van der Waals surface area contributed by atoms with Crippen molar-refractivity contribution in [3.05, 3.63) is 16.2 Å². The monoisotopic (exact) mass is 319 g/mol. The number of thiophene rings is 1. The second-order valence-corrected chi connectivity index (χ2v) is 7.81. The van der Waals surface area contributed by atoms with E-state index in [0.29, 0.717) is 12.5 Å². The molecule has 1 aromatic rings. The van der Waals surface area contributed by atoms with Gasteiger partial charge in [0.2, 0.25) is 0 Å². The van der Waals surface area contributed by atoms with E-state index >= 15 is 0 Å². The SMILES string of the molecule is CCNc1sc(S(=O)(=O)NC(C)C2CC2)cc1[N+](=O)[O-]. The summed E-state index contributed by atoms with van der Waals surface area (Å²) in [6, 6.07) is 0.980. The highest BCUT2D eigenvalue weighted by Crippen LogP contribution is 2.38. The molecule has 7 nitrogen and oxygen atoms in total. The maximum atomic E-state index is 12.2. The minimum atomic E-state index is -3.69. The van der Waals surface area contributed by atoms with Crippen LogP contribution in [-0.2, 0) is 10.0 Å². The average Bonchev–Trinajstić information content (AvgIpc) is 3.10. The second kappa shape index (κ2) is 5.66. The van der Waals surface area contributed by atoms with Gasteiger partial charge in [0, 0.05) is 18.7 Å². The molecule has 1 fully saturated rings. The van der Waals surface area contributed by atoms with Crippen LogP contribution in [0.2, 0.25) is 0 Å². The van der Waals surface area contributed by atoms with E-state index in [4.69, 9.17) is 0 Å². The number of nitro groups is 1. The molecule has 1 aromatic heterocycles. The highest BCUT2D eigenvalue weighted by Gasteiger charge is 2.33. The predicted octanol–water partition coefficient (Wildman–Crippen LogP) is 2.16. The van der Waals surface area contributed by atoms with E-state index in [1.54, 1.807) is 6.92 Å². The van der Waals surface area contributed by atoms with Crippen LogP contribution in [0.5, 0.6) is 0 Å². The lowest BCUT2D eigenvalue weighted by atomic mass is 10.2. The first-order valence-electron chi connectivity index (χ1n) is 6.39. The van der Waals surface area contributed by atoms with E-state index in [1.165, 1.54) is 0 Å². The number of hydrogen-bond acceptors (Lipinski definition) is 6. The lowest BCUT2D eigenvalue weighted by Crippen LogP contribution is -2.33. The Morgan fingerprint density at radius 3 is 2.70 bits per heavy atom. The lowest BCUT2D eigenvalue weighted by molar-refractivity contribution is -0.383. The third-order valence-corrected chi connectivity index (χ3v) is 6.27.